The SMILES string of the molecule is CCN(CC)c1ccc(N2CC(C(=O)NCCc3ccc(F)cc3)CC2=O)cc1. The van der Waals surface area contributed by atoms with E-state index in [1.165, 1.54) is 12.1 Å². The summed E-state index contributed by atoms with van der Waals surface area (Å²) in [6, 6.07) is 14.2. The Morgan fingerprint density at radius 1 is 1.10 bits per heavy atom. The second-order valence-corrected chi connectivity index (χ2v) is 7.26. The summed E-state index contributed by atoms with van der Waals surface area (Å²) in [7, 11) is 0. The molecule has 1 atom stereocenters. The van der Waals surface area contributed by atoms with E-state index in [4.69, 9.17) is 0 Å². The van der Waals surface area contributed by atoms with Gasteiger partial charge in [-0.05, 0) is 62.2 Å². The number of carbonyl (C=O) groups excluding carboxylic acids is 2. The molecular formula is C23H28FN3O2. The summed E-state index contributed by atoms with van der Waals surface area (Å²) in [6.45, 7) is 6.94. The number of nitrogens with zero attached hydrogens (tertiary/aromatic N) is 2. The molecule has 29 heavy (non-hydrogen) atoms. The monoisotopic (exact) mass is 397 g/mol. The molecule has 0 radical (unpaired) electrons. The molecule has 2 aromatic carbocycles. The maximum absolute atomic E-state index is 12.9. The number of nitrogens with one attached hydrogen (secondary N) is 1. The molecule has 0 saturated carbocycles. The first-order valence-electron chi connectivity index (χ1n) is 10.2. The van der Waals surface area contributed by atoms with Gasteiger partial charge in [-0.2, -0.15) is 0 Å². The molecule has 1 N–H and O–H groups in total. The molecule has 154 valence electrons. The first-order chi connectivity index (χ1) is 14.0. The molecule has 1 heterocycles. The van der Waals surface area contributed by atoms with E-state index >= 15 is 0 Å². The number of amides is 2. The number of hydrogen-bond donors (Lipinski definition) is 1. The van der Waals surface area contributed by atoms with Crippen LogP contribution in [0.3, 0.4) is 0 Å². The van der Waals surface area contributed by atoms with Crippen LogP contribution in [0.4, 0.5) is 15.8 Å². The third-order valence-electron chi connectivity index (χ3n) is 5.41. The molecular weight excluding hydrogens is 369 g/mol. The van der Waals surface area contributed by atoms with Gasteiger partial charge in [0.25, 0.3) is 0 Å². The maximum Gasteiger partial charge on any atom is 0.227 e. The van der Waals surface area contributed by atoms with Crippen molar-refractivity contribution in [3.63, 3.8) is 0 Å². The summed E-state index contributed by atoms with van der Waals surface area (Å²) in [4.78, 5) is 28.9. The molecule has 1 fully saturated rings. The van der Waals surface area contributed by atoms with Crippen molar-refractivity contribution in [2.24, 2.45) is 5.92 Å². The Labute approximate surface area is 171 Å². The largest absolute Gasteiger partial charge is 0.372 e. The van der Waals surface area contributed by atoms with E-state index in [2.05, 4.69) is 24.1 Å². The van der Waals surface area contributed by atoms with E-state index in [0.717, 1.165) is 30.0 Å². The van der Waals surface area contributed by atoms with Crippen LogP contribution in [0.1, 0.15) is 25.8 Å². The Bertz CT molecular complexity index is 832. The predicted molar refractivity (Wildman–Crippen MR) is 114 cm³/mol. The minimum absolute atomic E-state index is 0.0285. The van der Waals surface area contributed by atoms with Crippen molar-refractivity contribution in [3.8, 4) is 0 Å². The van der Waals surface area contributed by atoms with Gasteiger partial charge in [0.1, 0.15) is 5.82 Å². The van der Waals surface area contributed by atoms with Crippen LogP contribution in [-0.4, -0.2) is 38.0 Å². The molecule has 1 saturated heterocycles. The zero-order chi connectivity index (χ0) is 20.8. The Hall–Kier alpha value is -2.89. The van der Waals surface area contributed by atoms with Crippen molar-refractivity contribution in [1.82, 2.24) is 5.32 Å². The summed E-state index contributed by atoms with van der Waals surface area (Å²) >= 11 is 0. The standard InChI is InChI=1S/C23H28FN3O2/c1-3-26(4-2)20-9-11-21(12-10-20)27-16-18(15-22(27)28)23(29)25-14-13-17-5-7-19(24)8-6-17/h5-12,18H,3-4,13-16H2,1-2H3,(H,25,29). The number of carbonyl (C=O) groups is 2. The lowest BCUT2D eigenvalue weighted by atomic mass is 10.1. The van der Waals surface area contributed by atoms with E-state index in [1.807, 2.05) is 24.3 Å². The predicted octanol–water partition coefficient (Wildman–Crippen LogP) is 3.38. The fourth-order valence-electron chi connectivity index (χ4n) is 3.69. The lowest BCUT2D eigenvalue weighted by Crippen LogP contribution is -2.34. The average Bonchev–Trinajstić information content (AvgIpc) is 3.13. The molecule has 0 bridgehead atoms. The average molecular weight is 397 g/mol. The van der Waals surface area contributed by atoms with Crippen LogP contribution >= 0.6 is 0 Å². The van der Waals surface area contributed by atoms with Gasteiger partial charge in [-0.1, -0.05) is 12.1 Å². The summed E-state index contributed by atoms with van der Waals surface area (Å²) in [5, 5.41) is 2.90. The summed E-state index contributed by atoms with van der Waals surface area (Å²) in [6.07, 6.45) is 0.851. The van der Waals surface area contributed by atoms with Crippen molar-refractivity contribution < 1.29 is 14.0 Å². The third-order valence-corrected chi connectivity index (χ3v) is 5.41. The second-order valence-electron chi connectivity index (χ2n) is 7.26. The minimum Gasteiger partial charge on any atom is -0.372 e. The summed E-state index contributed by atoms with van der Waals surface area (Å²) in [5.74, 6) is -0.757. The van der Waals surface area contributed by atoms with Gasteiger partial charge in [0, 0.05) is 44.0 Å². The topological polar surface area (TPSA) is 52.6 Å². The zero-order valence-corrected chi connectivity index (χ0v) is 17.0. The van der Waals surface area contributed by atoms with Crippen LogP contribution in [0.2, 0.25) is 0 Å². The quantitative estimate of drug-likeness (QED) is 0.743. The van der Waals surface area contributed by atoms with Gasteiger partial charge in [0.05, 0.1) is 5.92 Å². The van der Waals surface area contributed by atoms with E-state index in [-0.39, 0.29) is 30.0 Å². The molecule has 6 heteroatoms. The van der Waals surface area contributed by atoms with Crippen LogP contribution in [0.15, 0.2) is 48.5 Å². The molecule has 3 rings (SSSR count). The number of anilines is 2. The van der Waals surface area contributed by atoms with Crippen molar-refractivity contribution in [1.29, 1.82) is 0 Å². The molecule has 1 aliphatic rings. The normalized spacial score (nSPS) is 16.2. The fraction of sp³-hybridized carbons (Fsp3) is 0.391. The minimum atomic E-state index is -0.349. The summed E-state index contributed by atoms with van der Waals surface area (Å²) in [5.41, 5.74) is 2.91. The van der Waals surface area contributed by atoms with E-state index in [1.54, 1.807) is 17.0 Å². The summed E-state index contributed by atoms with van der Waals surface area (Å²) < 4.78 is 12.9. The van der Waals surface area contributed by atoms with Crippen molar-refractivity contribution >= 4 is 23.2 Å². The number of benzene rings is 2. The van der Waals surface area contributed by atoms with E-state index in [9.17, 15) is 14.0 Å². The van der Waals surface area contributed by atoms with Gasteiger partial charge in [-0.25, -0.2) is 4.39 Å². The Kier molecular flexibility index (Phi) is 6.86. The van der Waals surface area contributed by atoms with Gasteiger partial charge < -0.3 is 15.1 Å². The van der Waals surface area contributed by atoms with Crippen LogP contribution in [-0.2, 0) is 16.0 Å². The van der Waals surface area contributed by atoms with Gasteiger partial charge >= 0.3 is 0 Å². The number of rotatable bonds is 8. The van der Waals surface area contributed by atoms with Gasteiger partial charge in [0.2, 0.25) is 11.8 Å². The molecule has 2 aromatic rings. The van der Waals surface area contributed by atoms with Crippen LogP contribution in [0.5, 0.6) is 0 Å². The number of halogens is 1. The van der Waals surface area contributed by atoms with E-state index in [0.29, 0.717) is 19.5 Å². The van der Waals surface area contributed by atoms with Gasteiger partial charge in [0.15, 0.2) is 0 Å². The zero-order valence-electron chi connectivity index (χ0n) is 17.0. The number of hydrogen-bond acceptors (Lipinski definition) is 3. The molecule has 2 amide bonds. The molecule has 5 nitrogen and oxygen atoms in total. The second kappa shape index (κ2) is 9.54. The van der Waals surface area contributed by atoms with Crippen LogP contribution < -0.4 is 15.1 Å². The first-order valence-corrected chi connectivity index (χ1v) is 10.2. The highest BCUT2D eigenvalue weighted by molar-refractivity contribution is 6.00. The third kappa shape index (κ3) is 5.13. The van der Waals surface area contributed by atoms with Crippen molar-refractivity contribution in [3.05, 3.63) is 59.9 Å². The lowest BCUT2D eigenvalue weighted by molar-refractivity contribution is -0.126. The molecule has 0 spiro atoms. The van der Waals surface area contributed by atoms with Gasteiger partial charge in [-0.15, -0.1) is 0 Å². The molecule has 0 aliphatic carbocycles. The first kappa shape index (κ1) is 20.8. The molecule has 0 aromatic heterocycles. The smallest absolute Gasteiger partial charge is 0.227 e. The Morgan fingerprint density at radius 2 is 1.76 bits per heavy atom. The van der Waals surface area contributed by atoms with Crippen molar-refractivity contribution in [2.75, 3.05) is 36.0 Å². The molecule has 1 unspecified atom stereocenters. The van der Waals surface area contributed by atoms with Crippen LogP contribution in [0.25, 0.3) is 0 Å². The molecule has 1 aliphatic heterocycles. The fourth-order valence-corrected chi connectivity index (χ4v) is 3.69. The highest BCUT2D eigenvalue weighted by Crippen LogP contribution is 2.27. The highest BCUT2D eigenvalue weighted by atomic mass is 19.1. The lowest BCUT2D eigenvalue weighted by Gasteiger charge is -2.22. The Morgan fingerprint density at radius 3 is 2.38 bits per heavy atom. The highest BCUT2D eigenvalue weighted by Gasteiger charge is 2.34. The van der Waals surface area contributed by atoms with Crippen LogP contribution in [0, 0.1) is 11.7 Å². The van der Waals surface area contributed by atoms with Gasteiger partial charge in [-0.3, -0.25) is 9.59 Å². The van der Waals surface area contributed by atoms with E-state index < -0.39 is 0 Å². The maximum atomic E-state index is 12.9. The van der Waals surface area contributed by atoms with Crippen molar-refractivity contribution in [2.45, 2.75) is 26.7 Å². The Balaban J connectivity index is 1.53.